The normalized spacial score (nSPS) is 20.7. The molecule has 19 heavy (non-hydrogen) atoms. The van der Waals surface area contributed by atoms with E-state index in [4.69, 9.17) is 4.74 Å². The van der Waals surface area contributed by atoms with Crippen molar-refractivity contribution in [2.24, 2.45) is 5.92 Å². The number of ether oxygens (including phenoxy) is 1. The fraction of sp³-hybridized carbons (Fsp3) is 0.600. The van der Waals surface area contributed by atoms with Gasteiger partial charge < -0.3 is 10.1 Å². The maximum absolute atomic E-state index is 14.1. The zero-order valence-electron chi connectivity index (χ0n) is 11.5. The molecule has 0 aliphatic carbocycles. The van der Waals surface area contributed by atoms with Gasteiger partial charge in [-0.1, -0.05) is 19.1 Å². The zero-order valence-corrected chi connectivity index (χ0v) is 11.5. The van der Waals surface area contributed by atoms with Crippen LogP contribution in [0.2, 0.25) is 0 Å². The summed E-state index contributed by atoms with van der Waals surface area (Å²) in [4.78, 5) is 0. The minimum atomic E-state index is -0.733. The summed E-state index contributed by atoms with van der Waals surface area (Å²) >= 11 is 0. The summed E-state index contributed by atoms with van der Waals surface area (Å²) in [6, 6.07) is 3.19. The highest BCUT2D eigenvalue weighted by molar-refractivity contribution is 5.28. The number of aryl methyl sites for hydroxylation is 1. The molecule has 1 heterocycles. The van der Waals surface area contributed by atoms with E-state index in [1.807, 2.05) is 6.92 Å². The second kappa shape index (κ2) is 6.44. The Kier molecular flexibility index (Phi) is 4.88. The molecule has 1 saturated heterocycles. The number of rotatable bonds is 5. The third-order valence-electron chi connectivity index (χ3n) is 3.72. The highest BCUT2D eigenvalue weighted by Gasteiger charge is 2.24. The topological polar surface area (TPSA) is 21.3 Å². The van der Waals surface area contributed by atoms with Crippen LogP contribution in [0, 0.1) is 24.5 Å². The standard InChI is InChI=1S/C15H21F2NO/c1-3-18-13(8-11-6-7-19-9-11)12-5-4-10(2)14(16)15(12)17/h4-5,11,13,18H,3,6-9H2,1-2H3. The predicted octanol–water partition coefficient (Wildman–Crippen LogP) is 3.35. The Balaban J connectivity index is 2.20. The number of nitrogens with one attached hydrogen (secondary N) is 1. The van der Waals surface area contributed by atoms with Gasteiger partial charge in [-0.3, -0.25) is 0 Å². The van der Waals surface area contributed by atoms with Crippen molar-refractivity contribution in [2.75, 3.05) is 19.8 Å². The van der Waals surface area contributed by atoms with Gasteiger partial charge in [0.15, 0.2) is 11.6 Å². The summed E-state index contributed by atoms with van der Waals surface area (Å²) in [5, 5.41) is 3.25. The summed E-state index contributed by atoms with van der Waals surface area (Å²) in [6.07, 6.45) is 1.78. The van der Waals surface area contributed by atoms with E-state index >= 15 is 0 Å². The summed E-state index contributed by atoms with van der Waals surface area (Å²) in [5.74, 6) is -1.03. The highest BCUT2D eigenvalue weighted by atomic mass is 19.2. The van der Waals surface area contributed by atoms with Crippen molar-refractivity contribution in [1.82, 2.24) is 5.32 Å². The number of halogens is 2. The van der Waals surface area contributed by atoms with Gasteiger partial charge in [0.1, 0.15) is 0 Å². The molecule has 0 amide bonds. The van der Waals surface area contributed by atoms with Crippen LogP contribution in [0.3, 0.4) is 0 Å². The Morgan fingerprint density at radius 2 is 2.16 bits per heavy atom. The van der Waals surface area contributed by atoms with Crippen LogP contribution in [-0.2, 0) is 4.74 Å². The van der Waals surface area contributed by atoms with Crippen molar-refractivity contribution in [2.45, 2.75) is 32.7 Å². The Labute approximate surface area is 113 Å². The molecule has 1 N–H and O–H groups in total. The van der Waals surface area contributed by atoms with Crippen molar-refractivity contribution in [3.63, 3.8) is 0 Å². The van der Waals surface area contributed by atoms with Crippen LogP contribution in [-0.4, -0.2) is 19.8 Å². The van der Waals surface area contributed by atoms with Gasteiger partial charge in [0.05, 0.1) is 0 Å². The average molecular weight is 269 g/mol. The van der Waals surface area contributed by atoms with Gasteiger partial charge >= 0.3 is 0 Å². The highest BCUT2D eigenvalue weighted by Crippen LogP contribution is 2.29. The first-order chi connectivity index (χ1) is 9.13. The first-order valence-electron chi connectivity index (χ1n) is 6.89. The second-order valence-electron chi connectivity index (χ2n) is 5.18. The molecule has 2 atom stereocenters. The third kappa shape index (κ3) is 3.31. The van der Waals surface area contributed by atoms with Crippen molar-refractivity contribution >= 4 is 0 Å². The number of hydrogen-bond donors (Lipinski definition) is 1. The smallest absolute Gasteiger partial charge is 0.163 e. The van der Waals surface area contributed by atoms with Crippen molar-refractivity contribution < 1.29 is 13.5 Å². The van der Waals surface area contributed by atoms with Crippen molar-refractivity contribution in [1.29, 1.82) is 0 Å². The molecule has 2 unspecified atom stereocenters. The van der Waals surface area contributed by atoms with Gasteiger partial charge in [-0.15, -0.1) is 0 Å². The van der Waals surface area contributed by atoms with Crippen LogP contribution >= 0.6 is 0 Å². The third-order valence-corrected chi connectivity index (χ3v) is 3.72. The van der Waals surface area contributed by atoms with Gasteiger partial charge in [0.2, 0.25) is 0 Å². The lowest BCUT2D eigenvalue weighted by atomic mass is 9.93. The molecule has 2 rings (SSSR count). The molecule has 1 fully saturated rings. The molecule has 1 aromatic carbocycles. The monoisotopic (exact) mass is 269 g/mol. The van der Waals surface area contributed by atoms with E-state index in [-0.39, 0.29) is 6.04 Å². The number of benzene rings is 1. The first-order valence-corrected chi connectivity index (χ1v) is 6.89. The van der Waals surface area contributed by atoms with E-state index in [1.165, 1.54) is 0 Å². The molecule has 1 aromatic rings. The lowest BCUT2D eigenvalue weighted by Crippen LogP contribution is -2.25. The van der Waals surface area contributed by atoms with Gasteiger partial charge in [-0.05, 0) is 37.8 Å². The lowest BCUT2D eigenvalue weighted by molar-refractivity contribution is 0.181. The Hall–Kier alpha value is -1.00. The molecular formula is C15H21F2NO. The molecule has 106 valence electrons. The molecule has 0 aromatic heterocycles. The molecule has 1 aliphatic heterocycles. The zero-order chi connectivity index (χ0) is 13.8. The lowest BCUT2D eigenvalue weighted by Gasteiger charge is -2.22. The predicted molar refractivity (Wildman–Crippen MR) is 71.1 cm³/mol. The largest absolute Gasteiger partial charge is 0.381 e. The molecule has 0 saturated carbocycles. The van der Waals surface area contributed by atoms with E-state index in [0.29, 0.717) is 17.0 Å². The maximum atomic E-state index is 14.1. The molecular weight excluding hydrogens is 248 g/mol. The van der Waals surface area contributed by atoms with E-state index < -0.39 is 11.6 Å². The van der Waals surface area contributed by atoms with E-state index in [1.54, 1.807) is 19.1 Å². The SMILES string of the molecule is CCNC(CC1CCOC1)c1ccc(C)c(F)c1F. The van der Waals surface area contributed by atoms with E-state index in [2.05, 4.69) is 5.32 Å². The Bertz CT molecular complexity index is 430. The van der Waals surface area contributed by atoms with E-state index in [9.17, 15) is 8.78 Å². The van der Waals surface area contributed by atoms with Crippen molar-refractivity contribution in [3.8, 4) is 0 Å². The molecule has 1 aliphatic rings. The molecule has 2 nitrogen and oxygen atoms in total. The number of hydrogen-bond acceptors (Lipinski definition) is 2. The maximum Gasteiger partial charge on any atom is 0.163 e. The van der Waals surface area contributed by atoms with E-state index in [0.717, 1.165) is 32.6 Å². The second-order valence-corrected chi connectivity index (χ2v) is 5.18. The molecule has 0 radical (unpaired) electrons. The van der Waals surface area contributed by atoms with Crippen LogP contribution in [0.15, 0.2) is 12.1 Å². The van der Waals surface area contributed by atoms with Crippen LogP contribution in [0.1, 0.15) is 36.9 Å². The van der Waals surface area contributed by atoms with Crippen molar-refractivity contribution in [3.05, 3.63) is 34.9 Å². The fourth-order valence-corrected chi connectivity index (χ4v) is 2.60. The quantitative estimate of drug-likeness (QED) is 0.885. The summed E-state index contributed by atoms with van der Waals surface area (Å²) in [7, 11) is 0. The van der Waals surface area contributed by atoms with Crippen LogP contribution in [0.25, 0.3) is 0 Å². The van der Waals surface area contributed by atoms with Crippen LogP contribution < -0.4 is 5.32 Å². The van der Waals surface area contributed by atoms with Gasteiger partial charge in [-0.2, -0.15) is 0 Å². The minimum absolute atomic E-state index is 0.146. The van der Waals surface area contributed by atoms with Gasteiger partial charge in [0, 0.05) is 24.8 Å². The average Bonchev–Trinajstić information content (AvgIpc) is 2.89. The van der Waals surface area contributed by atoms with Gasteiger partial charge in [0.25, 0.3) is 0 Å². The van der Waals surface area contributed by atoms with Crippen LogP contribution in [0.5, 0.6) is 0 Å². The minimum Gasteiger partial charge on any atom is -0.381 e. The van der Waals surface area contributed by atoms with Crippen LogP contribution in [0.4, 0.5) is 8.78 Å². The molecule has 0 spiro atoms. The summed E-state index contributed by atoms with van der Waals surface area (Å²) in [6.45, 7) is 5.77. The fourth-order valence-electron chi connectivity index (χ4n) is 2.60. The molecule has 0 bridgehead atoms. The summed E-state index contributed by atoms with van der Waals surface area (Å²) in [5.41, 5.74) is 0.776. The van der Waals surface area contributed by atoms with Gasteiger partial charge in [-0.25, -0.2) is 8.78 Å². The Morgan fingerprint density at radius 1 is 1.37 bits per heavy atom. The summed E-state index contributed by atoms with van der Waals surface area (Å²) < 4.78 is 33.1. The molecule has 4 heteroatoms. The Morgan fingerprint density at radius 3 is 2.79 bits per heavy atom. The first kappa shape index (κ1) is 14.4.